The normalized spacial score (nSPS) is 9.83. The standard InChI is InChI=1S/C2H8N2.2HO3P/c3-1-2-4;2*1-4(2)3/h1-4H2;2*(H,1,2,3)/p+2. The van der Waals surface area contributed by atoms with Gasteiger partial charge in [0.1, 0.15) is 13.1 Å². The van der Waals surface area contributed by atoms with Gasteiger partial charge in [-0.1, -0.05) is 0 Å². The summed E-state index contributed by atoms with van der Waals surface area (Å²) < 4.78 is 17.2. The van der Waals surface area contributed by atoms with Crippen LogP contribution in [0.5, 0.6) is 0 Å². The second-order valence-corrected chi connectivity index (χ2v) is 2.13. The van der Waals surface area contributed by atoms with Gasteiger partial charge in [0.2, 0.25) is 0 Å². The van der Waals surface area contributed by atoms with Crippen LogP contribution in [0, 0.1) is 0 Å². The van der Waals surface area contributed by atoms with Crippen molar-refractivity contribution in [2.45, 2.75) is 0 Å². The van der Waals surface area contributed by atoms with E-state index < -0.39 is 16.5 Å². The first-order valence-corrected chi connectivity index (χ1v) is 4.89. The molecule has 8 N–H and O–H groups in total. The van der Waals surface area contributed by atoms with Crippen molar-refractivity contribution in [2.24, 2.45) is 0 Å². The lowest BCUT2D eigenvalue weighted by Crippen LogP contribution is -2.64. The van der Waals surface area contributed by atoms with Crippen LogP contribution in [0.15, 0.2) is 0 Å². The lowest BCUT2D eigenvalue weighted by molar-refractivity contribution is -0.453. The first kappa shape index (κ1) is 17.9. The molecule has 0 rings (SSSR count). The fourth-order valence-corrected chi connectivity index (χ4v) is 0. The van der Waals surface area contributed by atoms with Gasteiger partial charge in [-0.3, -0.25) is 0 Å². The third-order valence-corrected chi connectivity index (χ3v) is 0.250. The third kappa shape index (κ3) is 868. The van der Waals surface area contributed by atoms with Gasteiger partial charge in [-0.15, -0.1) is 0 Å². The van der Waals surface area contributed by atoms with Gasteiger partial charge in [0.15, 0.2) is 0 Å². The van der Waals surface area contributed by atoms with Crippen LogP contribution < -0.4 is 21.3 Å². The highest BCUT2D eigenvalue weighted by Crippen LogP contribution is 1.90. The Bertz CT molecular complexity index is 98.1. The van der Waals surface area contributed by atoms with Gasteiger partial charge in [0.05, 0.1) is 0 Å². The molecule has 0 saturated heterocycles. The predicted octanol–water partition coefficient (Wildman–Crippen LogP) is -4.54. The summed E-state index contributed by atoms with van der Waals surface area (Å²) in [4.78, 5) is 31.2. The number of hydrogen-bond donors (Lipinski definition) is 4. The summed E-state index contributed by atoms with van der Waals surface area (Å²) >= 11 is 0. The van der Waals surface area contributed by atoms with E-state index in [4.69, 9.17) is 28.7 Å². The van der Waals surface area contributed by atoms with E-state index in [2.05, 4.69) is 11.5 Å². The summed E-state index contributed by atoms with van der Waals surface area (Å²) in [5, 5.41) is 0. The lowest BCUT2D eigenvalue weighted by Gasteiger charge is -1.65. The summed E-state index contributed by atoms with van der Waals surface area (Å²) in [5.41, 5.74) is 7.08. The fourth-order valence-electron chi connectivity index (χ4n) is 0. The topological polar surface area (TPSA) is 176 Å². The van der Waals surface area contributed by atoms with Crippen molar-refractivity contribution in [3.8, 4) is 0 Å². The molecule has 74 valence electrons. The van der Waals surface area contributed by atoms with E-state index in [9.17, 15) is 0 Å². The van der Waals surface area contributed by atoms with Gasteiger partial charge >= 0.3 is 16.5 Å². The quantitative estimate of drug-likeness (QED) is 0.324. The fraction of sp³-hybridized carbons (Fsp3) is 1.00. The SMILES string of the molecule is O=[P+]([O-])O.O=[P+]([O-])O.[NH3+]CC[NH3+]. The summed E-state index contributed by atoms with van der Waals surface area (Å²) in [6.45, 7) is 1.92. The van der Waals surface area contributed by atoms with E-state index >= 15 is 0 Å². The van der Waals surface area contributed by atoms with Crippen molar-refractivity contribution in [3.63, 3.8) is 0 Å². The maximum atomic E-state index is 8.59. The number of hydrogen-bond acceptors (Lipinski definition) is 4. The molecule has 0 spiro atoms. The molecule has 0 heterocycles. The molecule has 0 aliphatic carbocycles. The molecule has 2 atom stereocenters. The molecular weight excluding hydrogens is 210 g/mol. The minimum atomic E-state index is -3.12. The summed E-state index contributed by atoms with van der Waals surface area (Å²) in [6, 6.07) is 0. The molecular formula is C2H12N2O6P2+2. The van der Waals surface area contributed by atoms with Crippen LogP contribution in [0.3, 0.4) is 0 Å². The zero-order chi connectivity index (χ0) is 10.6. The van der Waals surface area contributed by atoms with E-state index in [1.165, 1.54) is 0 Å². The van der Waals surface area contributed by atoms with Gasteiger partial charge in [-0.2, -0.15) is 9.79 Å². The molecule has 12 heavy (non-hydrogen) atoms. The van der Waals surface area contributed by atoms with Crippen LogP contribution in [0.4, 0.5) is 0 Å². The Hall–Kier alpha value is -0.0400. The number of rotatable bonds is 1. The minimum Gasteiger partial charge on any atom is -0.567 e. The first-order chi connectivity index (χ1) is 5.38. The first-order valence-electron chi connectivity index (χ1n) is 2.63. The Morgan fingerprint density at radius 1 is 1.00 bits per heavy atom. The van der Waals surface area contributed by atoms with Crippen LogP contribution in [-0.2, 0) is 9.13 Å². The van der Waals surface area contributed by atoms with Crippen LogP contribution in [0.25, 0.3) is 0 Å². The van der Waals surface area contributed by atoms with Crippen LogP contribution in [0.2, 0.25) is 0 Å². The Balaban J connectivity index is -0.000000101. The molecule has 0 saturated carbocycles. The minimum absolute atomic E-state index is 0.958. The maximum absolute atomic E-state index is 8.59. The molecule has 0 aromatic rings. The van der Waals surface area contributed by atoms with Crippen molar-refractivity contribution in [1.29, 1.82) is 0 Å². The Morgan fingerprint density at radius 3 is 1.08 bits per heavy atom. The Morgan fingerprint density at radius 2 is 1.08 bits per heavy atom. The highest BCUT2D eigenvalue weighted by molar-refractivity contribution is 7.29. The lowest BCUT2D eigenvalue weighted by atomic mass is 10.7. The van der Waals surface area contributed by atoms with E-state index in [0.717, 1.165) is 13.1 Å². The van der Waals surface area contributed by atoms with Gasteiger partial charge in [0, 0.05) is 0 Å². The molecule has 0 aromatic heterocycles. The zero-order valence-corrected chi connectivity index (χ0v) is 8.04. The van der Waals surface area contributed by atoms with Crippen molar-refractivity contribution in [3.05, 3.63) is 0 Å². The molecule has 0 aromatic carbocycles. The molecule has 0 bridgehead atoms. The molecule has 0 fully saturated rings. The Kier molecular flexibility index (Phi) is 25.6. The molecule has 8 nitrogen and oxygen atoms in total. The highest BCUT2D eigenvalue weighted by Gasteiger charge is 1.74. The average molecular weight is 222 g/mol. The molecule has 10 heteroatoms. The zero-order valence-electron chi connectivity index (χ0n) is 6.25. The molecule has 0 amide bonds. The Labute approximate surface area is 70.7 Å². The largest absolute Gasteiger partial charge is 0.567 e. The monoisotopic (exact) mass is 222 g/mol. The average Bonchev–Trinajstić information content (AvgIpc) is 1.85. The van der Waals surface area contributed by atoms with Crippen LogP contribution in [0.1, 0.15) is 0 Å². The summed E-state index contributed by atoms with van der Waals surface area (Å²) in [7, 11) is -6.24. The van der Waals surface area contributed by atoms with Crippen molar-refractivity contribution < 1.29 is 40.2 Å². The molecule has 0 radical (unpaired) electrons. The predicted molar refractivity (Wildman–Crippen MR) is 35.2 cm³/mol. The molecule has 0 aliphatic heterocycles. The van der Waals surface area contributed by atoms with Crippen LogP contribution >= 0.6 is 16.5 Å². The van der Waals surface area contributed by atoms with Crippen molar-refractivity contribution in [2.75, 3.05) is 13.1 Å². The van der Waals surface area contributed by atoms with Gasteiger partial charge in [-0.05, 0) is 9.13 Å². The maximum Gasteiger partial charge on any atom is 0.485 e. The molecule has 2 unspecified atom stereocenters. The summed E-state index contributed by atoms with van der Waals surface area (Å²) in [5.74, 6) is 0. The smallest absolute Gasteiger partial charge is 0.485 e. The second-order valence-electron chi connectivity index (χ2n) is 1.18. The van der Waals surface area contributed by atoms with Gasteiger partial charge in [-0.25, -0.2) is 0 Å². The van der Waals surface area contributed by atoms with Gasteiger partial charge in [0.25, 0.3) is 0 Å². The van der Waals surface area contributed by atoms with E-state index in [0.29, 0.717) is 0 Å². The molecule has 0 aliphatic rings. The summed E-state index contributed by atoms with van der Waals surface area (Å²) in [6.07, 6.45) is 0. The van der Waals surface area contributed by atoms with E-state index in [-0.39, 0.29) is 0 Å². The van der Waals surface area contributed by atoms with Crippen molar-refractivity contribution in [1.82, 2.24) is 0 Å². The van der Waals surface area contributed by atoms with E-state index in [1.54, 1.807) is 0 Å². The third-order valence-electron chi connectivity index (χ3n) is 0.250. The van der Waals surface area contributed by atoms with Crippen LogP contribution in [-0.4, -0.2) is 22.9 Å². The highest BCUT2D eigenvalue weighted by atomic mass is 31.1. The second kappa shape index (κ2) is 17.2. The van der Waals surface area contributed by atoms with Gasteiger partial charge < -0.3 is 21.3 Å². The van der Waals surface area contributed by atoms with Crippen molar-refractivity contribution >= 4 is 16.5 Å². The van der Waals surface area contributed by atoms with E-state index in [1.807, 2.05) is 0 Å². The number of quaternary nitrogens is 2.